The van der Waals surface area contributed by atoms with E-state index in [1.54, 1.807) is 0 Å². The maximum Gasteiger partial charge on any atom is 0.169 e. The van der Waals surface area contributed by atoms with Crippen molar-refractivity contribution in [3.05, 3.63) is 101 Å². The van der Waals surface area contributed by atoms with E-state index in [0.717, 1.165) is 27.8 Å². The summed E-state index contributed by atoms with van der Waals surface area (Å²) in [6.45, 7) is 17.4. The molecule has 1 aromatic carbocycles. The molecule has 4 atom stereocenters. The van der Waals surface area contributed by atoms with E-state index < -0.39 is 11.2 Å². The fourth-order valence-corrected chi connectivity index (χ4v) is 6.79. The second kappa shape index (κ2) is 10.3. The second-order valence-corrected chi connectivity index (χ2v) is 15.2. The molecule has 222 valence electrons. The van der Waals surface area contributed by atoms with Gasteiger partial charge in [-0.1, -0.05) is 65.8 Å². The van der Waals surface area contributed by atoms with Crippen LogP contribution in [0.5, 0.6) is 0 Å². The average molecular weight is 567 g/mol. The largest absolute Gasteiger partial charge is 0.389 e. The zero-order chi connectivity index (χ0) is 30.8. The van der Waals surface area contributed by atoms with Crippen molar-refractivity contribution in [2.75, 3.05) is 0 Å². The molecule has 2 aromatic heterocycles. The third kappa shape index (κ3) is 5.40. The molecule has 4 unspecified atom stereocenters. The van der Waals surface area contributed by atoms with E-state index in [0.29, 0.717) is 12.8 Å². The third-order valence-electron chi connectivity index (χ3n) is 10.2. The first kappa shape index (κ1) is 30.4. The summed E-state index contributed by atoms with van der Waals surface area (Å²) in [5.41, 5.74) is 6.79. The van der Waals surface area contributed by atoms with Gasteiger partial charge in [-0.15, -0.1) is 0 Å². The van der Waals surface area contributed by atoms with Gasteiger partial charge < -0.3 is 10.2 Å². The molecule has 0 aliphatic heterocycles. The summed E-state index contributed by atoms with van der Waals surface area (Å²) in [5, 5.41) is 25.0. The summed E-state index contributed by atoms with van der Waals surface area (Å²) in [4.78, 5) is 0. The molecule has 2 N–H and O–H groups in total. The van der Waals surface area contributed by atoms with Gasteiger partial charge in [0.1, 0.15) is 14.1 Å². The summed E-state index contributed by atoms with van der Waals surface area (Å²) in [5.74, 6) is -0.551. The molecule has 4 nitrogen and oxygen atoms in total. The Morgan fingerprint density at radius 2 is 1.36 bits per heavy atom. The monoisotopic (exact) mass is 566 g/mol. The Kier molecular flexibility index (Phi) is 7.43. The minimum absolute atomic E-state index is 0.0437. The van der Waals surface area contributed by atoms with E-state index >= 15 is 0 Å². The summed E-state index contributed by atoms with van der Waals surface area (Å²) < 4.78 is 4.09. The lowest BCUT2D eigenvalue weighted by molar-refractivity contribution is -0.671. The van der Waals surface area contributed by atoms with Crippen molar-refractivity contribution >= 4 is 17.2 Å². The van der Waals surface area contributed by atoms with Gasteiger partial charge in [0.15, 0.2) is 24.8 Å². The number of hydrogen-bond donors (Lipinski definition) is 2. The molecule has 1 fully saturated rings. The van der Waals surface area contributed by atoms with Crippen LogP contribution in [-0.4, -0.2) is 21.4 Å². The van der Waals surface area contributed by atoms with Gasteiger partial charge in [-0.3, -0.25) is 0 Å². The highest BCUT2D eigenvalue weighted by molar-refractivity contribution is 5.89. The van der Waals surface area contributed by atoms with Crippen LogP contribution in [0.3, 0.4) is 0 Å². The molecular weight excluding hydrogens is 516 g/mol. The van der Waals surface area contributed by atoms with E-state index in [4.69, 9.17) is 0 Å². The molecule has 2 heterocycles. The van der Waals surface area contributed by atoms with Crippen molar-refractivity contribution in [3.8, 4) is 0 Å². The lowest BCUT2D eigenvalue weighted by Gasteiger charge is -2.55. The van der Waals surface area contributed by atoms with E-state index in [-0.39, 0.29) is 22.7 Å². The van der Waals surface area contributed by atoms with Crippen LogP contribution in [0.15, 0.2) is 67.3 Å². The highest BCUT2D eigenvalue weighted by Gasteiger charge is 2.56. The molecule has 0 saturated heterocycles. The fraction of sp³-hybridized carbons (Fsp3) is 0.474. The molecule has 4 heteroatoms. The Hall–Kier alpha value is -3.08. The van der Waals surface area contributed by atoms with Crippen LogP contribution < -0.4 is 9.13 Å². The lowest BCUT2D eigenvalue weighted by Crippen LogP contribution is -2.58. The number of benzene rings is 1. The van der Waals surface area contributed by atoms with Crippen LogP contribution in [0.1, 0.15) is 94.7 Å². The number of nitrogens with zero attached hydrogens (tertiary/aromatic N) is 2. The van der Waals surface area contributed by atoms with Crippen molar-refractivity contribution in [1.29, 1.82) is 0 Å². The predicted octanol–water partition coefficient (Wildman–Crippen LogP) is 6.48. The molecule has 1 saturated carbocycles. The number of pyridine rings is 2. The van der Waals surface area contributed by atoms with Crippen molar-refractivity contribution in [2.24, 2.45) is 31.3 Å². The highest BCUT2D eigenvalue weighted by atomic mass is 16.3. The van der Waals surface area contributed by atoms with Crippen molar-refractivity contribution < 1.29 is 19.3 Å². The average Bonchev–Trinajstić information content (AvgIpc) is 2.88. The van der Waals surface area contributed by atoms with Crippen LogP contribution in [0.4, 0.5) is 0 Å². The van der Waals surface area contributed by atoms with Crippen LogP contribution in [-0.2, 0) is 19.5 Å². The quantitative estimate of drug-likeness (QED) is 0.349. The van der Waals surface area contributed by atoms with Crippen LogP contribution in [0, 0.1) is 24.2 Å². The fourth-order valence-electron chi connectivity index (χ4n) is 6.79. The molecule has 42 heavy (non-hydrogen) atoms. The molecule has 5 rings (SSSR count). The van der Waals surface area contributed by atoms with Crippen molar-refractivity contribution in [3.63, 3.8) is 0 Å². The maximum atomic E-state index is 12.6. The molecule has 2 aliphatic carbocycles. The van der Waals surface area contributed by atoms with E-state index in [1.807, 2.05) is 30.2 Å². The highest BCUT2D eigenvalue weighted by Crippen LogP contribution is 2.55. The summed E-state index contributed by atoms with van der Waals surface area (Å²) in [6, 6.07) is 13.3. The molecular formula is C38H50N2O2+2. The molecule has 0 spiro atoms. The minimum atomic E-state index is -1.08. The standard InChI is InChI=1S/C38H50N2O2/c1-25-28-19-29(35(2,3)4)21-31(25)32(26-11-15-39(9)16-12-26)22-30-23-38(42,36(5,6)7)24-34(37(30,8)41)33(20-28)27-13-17-40(10)18-14-27/h11-22,30,34,41-42H,23-24H2,1-10H3/q+2/b32-22-,33-20-. The number of aromatic nitrogens is 2. The Morgan fingerprint density at radius 3 is 1.88 bits per heavy atom. The molecule has 2 aliphatic rings. The first-order chi connectivity index (χ1) is 19.4. The Morgan fingerprint density at radius 1 is 0.810 bits per heavy atom. The van der Waals surface area contributed by atoms with E-state index in [9.17, 15) is 10.2 Å². The Bertz CT molecular complexity index is 1550. The van der Waals surface area contributed by atoms with Crippen LogP contribution in [0.25, 0.3) is 17.2 Å². The van der Waals surface area contributed by atoms with Gasteiger partial charge in [-0.05, 0) is 82.0 Å². The summed E-state index contributed by atoms with van der Waals surface area (Å²) in [7, 11) is 4.06. The van der Waals surface area contributed by atoms with Gasteiger partial charge >= 0.3 is 0 Å². The van der Waals surface area contributed by atoms with Crippen LogP contribution >= 0.6 is 0 Å². The number of hydrogen-bond acceptors (Lipinski definition) is 2. The Labute approximate surface area is 253 Å². The molecule has 0 radical (unpaired) electrons. The molecule has 0 amide bonds. The van der Waals surface area contributed by atoms with Gasteiger partial charge in [0.25, 0.3) is 0 Å². The zero-order valence-electron chi connectivity index (χ0n) is 27.3. The predicted molar refractivity (Wildman–Crippen MR) is 171 cm³/mol. The van der Waals surface area contributed by atoms with Gasteiger partial charge in [-0.2, -0.15) is 0 Å². The first-order valence-electron chi connectivity index (χ1n) is 15.4. The smallest absolute Gasteiger partial charge is 0.169 e. The number of rotatable bonds is 2. The number of aryl methyl sites for hydroxylation is 2. The van der Waals surface area contributed by atoms with Gasteiger partial charge in [0.05, 0.1) is 11.2 Å². The minimum Gasteiger partial charge on any atom is -0.389 e. The third-order valence-corrected chi connectivity index (χ3v) is 10.2. The van der Waals surface area contributed by atoms with Gasteiger partial charge in [-0.25, -0.2) is 9.13 Å². The topological polar surface area (TPSA) is 48.2 Å². The molecule has 4 bridgehead atoms. The van der Waals surface area contributed by atoms with Crippen LogP contribution in [0.2, 0.25) is 0 Å². The van der Waals surface area contributed by atoms with Gasteiger partial charge in [0, 0.05) is 36.1 Å². The zero-order valence-corrected chi connectivity index (χ0v) is 27.3. The summed E-state index contributed by atoms with van der Waals surface area (Å²) in [6.07, 6.45) is 13.9. The first-order valence-corrected chi connectivity index (χ1v) is 15.4. The number of aliphatic hydroxyl groups is 2. The summed E-state index contributed by atoms with van der Waals surface area (Å²) >= 11 is 0. The normalized spacial score (nSPS) is 28.9. The van der Waals surface area contributed by atoms with Gasteiger partial charge in [0.2, 0.25) is 0 Å². The maximum absolute atomic E-state index is 12.6. The van der Waals surface area contributed by atoms with E-state index in [1.165, 1.54) is 16.7 Å². The number of fused-ring (bicyclic) bond motifs is 4. The second-order valence-electron chi connectivity index (χ2n) is 15.2. The van der Waals surface area contributed by atoms with E-state index in [2.05, 4.69) is 122 Å². The van der Waals surface area contributed by atoms with Crippen molar-refractivity contribution in [1.82, 2.24) is 0 Å². The molecule has 3 aromatic rings. The van der Waals surface area contributed by atoms with Crippen molar-refractivity contribution in [2.45, 2.75) is 84.8 Å². The SMILES string of the molecule is Cc1c2cc(C(C)(C)C)cc1/C(c1cc[n+](C)cc1)=C\C1CC(O)(C(C)(C)C)CC(/C(c3cc[n+](C)cc3)=C\2)C1(C)O. The Balaban J connectivity index is 1.92. The lowest BCUT2D eigenvalue weighted by atomic mass is 9.54.